The van der Waals surface area contributed by atoms with Crippen LogP contribution in [0.15, 0.2) is 40.8 Å². The molecule has 1 amide bonds. The first-order valence-corrected chi connectivity index (χ1v) is 7.03. The predicted octanol–water partition coefficient (Wildman–Crippen LogP) is 2.44. The zero-order chi connectivity index (χ0) is 15.0. The number of fused-ring (bicyclic) bond motifs is 1. The fourth-order valence-electron chi connectivity index (χ4n) is 2.82. The second-order valence-corrected chi connectivity index (χ2v) is 5.45. The summed E-state index contributed by atoms with van der Waals surface area (Å²) in [6.45, 7) is 4.10. The quantitative estimate of drug-likeness (QED) is 0.908. The maximum absolute atomic E-state index is 12.0. The molecule has 2 heterocycles. The van der Waals surface area contributed by atoms with Crippen molar-refractivity contribution in [1.82, 2.24) is 0 Å². The lowest BCUT2D eigenvalue weighted by atomic mass is 10.0. The number of nitrogens with one attached hydrogen (secondary N) is 1. The number of carbonyl (C=O) groups excluding carboxylic acids is 1. The van der Waals surface area contributed by atoms with Crippen molar-refractivity contribution in [3.8, 4) is 0 Å². The molecule has 0 saturated carbocycles. The van der Waals surface area contributed by atoms with Crippen LogP contribution in [0.3, 0.4) is 0 Å². The molecule has 3 N–H and O–H groups in total. The molecule has 1 aromatic carbocycles. The molecule has 5 heteroatoms. The van der Waals surface area contributed by atoms with Gasteiger partial charge in [0, 0.05) is 6.04 Å². The van der Waals surface area contributed by atoms with Crippen molar-refractivity contribution in [2.75, 3.05) is 16.8 Å². The second kappa shape index (κ2) is 5.26. The van der Waals surface area contributed by atoms with Gasteiger partial charge in [0.2, 0.25) is 5.91 Å². The minimum absolute atomic E-state index is 0.0392. The summed E-state index contributed by atoms with van der Waals surface area (Å²) in [6.07, 6.45) is 0. The molecule has 3 rings (SSSR count). The molecule has 0 saturated heterocycles. The smallest absolute Gasteiger partial charge is 0.243 e. The molecule has 1 aliphatic rings. The highest BCUT2D eigenvalue weighted by Crippen LogP contribution is 2.36. The first-order chi connectivity index (χ1) is 10.1. The third-order valence-corrected chi connectivity index (χ3v) is 3.69. The number of para-hydroxylation sites is 2. The Bertz CT molecular complexity index is 663. The predicted molar refractivity (Wildman–Crippen MR) is 82.3 cm³/mol. The van der Waals surface area contributed by atoms with Gasteiger partial charge in [0.05, 0.1) is 17.9 Å². The average Bonchev–Trinajstić information content (AvgIpc) is 2.84. The highest BCUT2D eigenvalue weighted by molar-refractivity contribution is 6.01. The zero-order valence-electron chi connectivity index (χ0n) is 12.2. The van der Waals surface area contributed by atoms with Crippen molar-refractivity contribution in [3.63, 3.8) is 0 Å². The van der Waals surface area contributed by atoms with Crippen molar-refractivity contribution in [2.24, 2.45) is 5.73 Å². The summed E-state index contributed by atoms with van der Waals surface area (Å²) in [6, 6.07) is 11.2. The largest absolute Gasteiger partial charge is 0.464 e. The molecule has 2 unspecified atom stereocenters. The lowest BCUT2D eigenvalue weighted by Gasteiger charge is -2.38. The van der Waals surface area contributed by atoms with Crippen LogP contribution in [0, 0.1) is 6.92 Å². The van der Waals surface area contributed by atoms with Gasteiger partial charge in [-0.2, -0.15) is 0 Å². The van der Waals surface area contributed by atoms with E-state index in [4.69, 9.17) is 10.2 Å². The Hall–Kier alpha value is -2.27. The van der Waals surface area contributed by atoms with Crippen LogP contribution in [-0.2, 0) is 4.79 Å². The van der Waals surface area contributed by atoms with Gasteiger partial charge in [-0.15, -0.1) is 0 Å². The van der Waals surface area contributed by atoms with E-state index in [1.54, 1.807) is 0 Å². The molecule has 0 aliphatic carbocycles. The number of nitrogens with two attached hydrogens (primary N) is 1. The summed E-state index contributed by atoms with van der Waals surface area (Å²) in [5.41, 5.74) is 7.95. The molecule has 21 heavy (non-hydrogen) atoms. The Kier molecular flexibility index (Phi) is 3.43. The van der Waals surface area contributed by atoms with Gasteiger partial charge >= 0.3 is 0 Å². The molecule has 110 valence electrons. The molecular formula is C16H19N3O2. The normalized spacial score (nSPS) is 17.1. The number of hydrogen-bond donors (Lipinski definition) is 2. The van der Waals surface area contributed by atoms with Crippen LogP contribution in [0.2, 0.25) is 0 Å². The lowest BCUT2D eigenvalue weighted by Crippen LogP contribution is -2.46. The third kappa shape index (κ3) is 2.52. The SMILES string of the molecule is Cc1ccc(C(C(C)N)N2CC(=O)Nc3ccccc32)o1. The number of hydrogen-bond acceptors (Lipinski definition) is 4. The Labute approximate surface area is 123 Å². The summed E-state index contributed by atoms with van der Waals surface area (Å²) < 4.78 is 5.76. The molecular weight excluding hydrogens is 266 g/mol. The van der Waals surface area contributed by atoms with Crippen LogP contribution in [0.25, 0.3) is 0 Å². The lowest BCUT2D eigenvalue weighted by molar-refractivity contribution is -0.115. The third-order valence-electron chi connectivity index (χ3n) is 3.69. The van der Waals surface area contributed by atoms with Gasteiger partial charge < -0.3 is 20.4 Å². The highest BCUT2D eigenvalue weighted by Gasteiger charge is 2.32. The van der Waals surface area contributed by atoms with Crippen LogP contribution < -0.4 is 16.0 Å². The molecule has 0 bridgehead atoms. The molecule has 0 spiro atoms. The zero-order valence-corrected chi connectivity index (χ0v) is 12.2. The summed E-state index contributed by atoms with van der Waals surface area (Å²) in [7, 11) is 0. The van der Waals surface area contributed by atoms with Crippen molar-refractivity contribution in [2.45, 2.75) is 25.9 Å². The van der Waals surface area contributed by atoms with E-state index in [1.807, 2.05) is 55.1 Å². The van der Waals surface area contributed by atoms with Crippen LogP contribution in [-0.4, -0.2) is 18.5 Å². The van der Waals surface area contributed by atoms with E-state index in [2.05, 4.69) is 5.32 Å². The molecule has 1 aliphatic heterocycles. The van der Waals surface area contributed by atoms with Gasteiger partial charge in [-0.1, -0.05) is 12.1 Å². The molecule has 0 fully saturated rings. The number of nitrogens with zero attached hydrogens (tertiary/aromatic N) is 1. The fraction of sp³-hybridized carbons (Fsp3) is 0.312. The van der Waals surface area contributed by atoms with Gasteiger partial charge in [-0.25, -0.2) is 0 Å². The van der Waals surface area contributed by atoms with Crippen LogP contribution >= 0.6 is 0 Å². The molecule has 2 aromatic rings. The highest BCUT2D eigenvalue weighted by atomic mass is 16.3. The Balaban J connectivity index is 2.06. The van der Waals surface area contributed by atoms with E-state index in [0.29, 0.717) is 0 Å². The minimum Gasteiger partial charge on any atom is -0.464 e. The molecule has 0 radical (unpaired) electrons. The van der Waals surface area contributed by atoms with Crippen LogP contribution in [0.1, 0.15) is 24.5 Å². The fourth-order valence-corrected chi connectivity index (χ4v) is 2.82. The molecule has 2 atom stereocenters. The monoisotopic (exact) mass is 285 g/mol. The first-order valence-electron chi connectivity index (χ1n) is 7.03. The summed E-state index contributed by atoms with van der Waals surface area (Å²) in [5.74, 6) is 1.58. The summed E-state index contributed by atoms with van der Waals surface area (Å²) in [5, 5.41) is 2.89. The number of carbonyl (C=O) groups is 1. The van der Waals surface area contributed by atoms with E-state index in [1.165, 1.54) is 0 Å². The average molecular weight is 285 g/mol. The number of furan rings is 1. The topological polar surface area (TPSA) is 71.5 Å². The maximum atomic E-state index is 12.0. The standard InChI is InChI=1S/C16H19N3O2/c1-10-7-8-14(21-10)16(11(2)17)19-9-15(20)18-12-5-3-4-6-13(12)19/h3-8,11,16H,9,17H2,1-2H3,(H,18,20). The van der Waals surface area contributed by atoms with Gasteiger partial charge in [-0.3, -0.25) is 4.79 Å². The minimum atomic E-state index is -0.175. The number of rotatable bonds is 3. The van der Waals surface area contributed by atoms with E-state index in [0.717, 1.165) is 22.9 Å². The van der Waals surface area contributed by atoms with E-state index < -0.39 is 0 Å². The van der Waals surface area contributed by atoms with E-state index >= 15 is 0 Å². The van der Waals surface area contributed by atoms with Crippen LogP contribution in [0.4, 0.5) is 11.4 Å². The van der Waals surface area contributed by atoms with E-state index in [-0.39, 0.29) is 24.5 Å². The number of benzene rings is 1. The summed E-state index contributed by atoms with van der Waals surface area (Å²) >= 11 is 0. The first kappa shape index (κ1) is 13.7. The van der Waals surface area contributed by atoms with Crippen molar-refractivity contribution in [3.05, 3.63) is 47.9 Å². The Morgan fingerprint density at radius 1 is 1.29 bits per heavy atom. The molecule has 1 aromatic heterocycles. The van der Waals surface area contributed by atoms with Gasteiger partial charge in [0.15, 0.2) is 0 Å². The van der Waals surface area contributed by atoms with Gasteiger partial charge in [0.1, 0.15) is 17.6 Å². The maximum Gasteiger partial charge on any atom is 0.243 e. The molecule has 5 nitrogen and oxygen atoms in total. The number of amides is 1. The van der Waals surface area contributed by atoms with E-state index in [9.17, 15) is 4.79 Å². The van der Waals surface area contributed by atoms with Gasteiger partial charge in [-0.05, 0) is 38.1 Å². The number of anilines is 2. The van der Waals surface area contributed by atoms with Crippen molar-refractivity contribution < 1.29 is 9.21 Å². The van der Waals surface area contributed by atoms with Crippen molar-refractivity contribution in [1.29, 1.82) is 0 Å². The Morgan fingerprint density at radius 3 is 2.71 bits per heavy atom. The van der Waals surface area contributed by atoms with Gasteiger partial charge in [0.25, 0.3) is 0 Å². The number of aryl methyl sites for hydroxylation is 1. The second-order valence-electron chi connectivity index (χ2n) is 5.45. The van der Waals surface area contributed by atoms with Crippen LogP contribution in [0.5, 0.6) is 0 Å². The summed E-state index contributed by atoms with van der Waals surface area (Å²) in [4.78, 5) is 14.0. The van der Waals surface area contributed by atoms with Crippen molar-refractivity contribution >= 4 is 17.3 Å². The Morgan fingerprint density at radius 2 is 2.05 bits per heavy atom.